The first-order valence-corrected chi connectivity index (χ1v) is 11.5. The van der Waals surface area contributed by atoms with Crippen LogP contribution < -0.4 is 0 Å². The van der Waals surface area contributed by atoms with E-state index < -0.39 is 24.5 Å². The molecule has 0 atom stereocenters. The van der Waals surface area contributed by atoms with Crippen LogP contribution in [-0.4, -0.2) is 0 Å². The zero-order chi connectivity index (χ0) is 20.7. The van der Waals surface area contributed by atoms with Crippen molar-refractivity contribution in [3.63, 3.8) is 0 Å². The normalized spacial score (nSPS) is 10.1. The Morgan fingerprint density at radius 1 is 0.857 bits per heavy atom. The largest absolute Gasteiger partial charge is 0.126 e. The fourth-order valence-electron chi connectivity index (χ4n) is 3.83. The summed E-state index contributed by atoms with van der Waals surface area (Å²) in [6.45, 7) is 11.2. The number of hydrogen-bond acceptors (Lipinski definition) is 0. The van der Waals surface area contributed by atoms with E-state index in [0.717, 1.165) is 0 Å². The molecule has 4 aromatic carbocycles. The molecule has 28 heavy (non-hydrogen) atoms. The molecule has 0 aliphatic rings. The van der Waals surface area contributed by atoms with E-state index in [4.69, 9.17) is 0 Å². The molecular formula is C25H28F2Zr. The van der Waals surface area contributed by atoms with Gasteiger partial charge in [-0.1, -0.05) is 83.9 Å². The van der Waals surface area contributed by atoms with Crippen molar-refractivity contribution in [2.45, 2.75) is 47.5 Å². The van der Waals surface area contributed by atoms with Crippen molar-refractivity contribution in [2.24, 2.45) is 0 Å². The molecule has 0 spiro atoms. The van der Waals surface area contributed by atoms with Crippen LogP contribution in [0.5, 0.6) is 0 Å². The van der Waals surface area contributed by atoms with Gasteiger partial charge in [0.05, 0.1) is 0 Å². The molecule has 4 aromatic rings. The summed E-state index contributed by atoms with van der Waals surface area (Å²) in [5.41, 5.74) is 7.62. The van der Waals surface area contributed by atoms with Crippen LogP contribution in [0.1, 0.15) is 41.2 Å². The van der Waals surface area contributed by atoms with Crippen LogP contribution in [0.2, 0.25) is 0 Å². The number of fused-ring (bicyclic) bond motifs is 3. The Hall–Kier alpha value is -1.60. The van der Waals surface area contributed by atoms with Gasteiger partial charge < -0.3 is 0 Å². The molecule has 146 valence electrons. The first kappa shape index (κ1) is 22.7. The third kappa shape index (κ3) is 5.06. The minimum absolute atomic E-state index is 1.24. The summed E-state index contributed by atoms with van der Waals surface area (Å²) in [6, 6.07) is 19.3. The minimum Gasteiger partial charge on any atom is -0.126 e. The molecule has 0 aliphatic carbocycles. The van der Waals surface area contributed by atoms with Crippen molar-refractivity contribution in [3.05, 3.63) is 82.4 Å². The maximum Gasteiger partial charge on any atom is -0.0771 e. The van der Waals surface area contributed by atoms with Gasteiger partial charge in [-0.15, -0.1) is 39.7 Å². The van der Waals surface area contributed by atoms with Crippen molar-refractivity contribution < 1.29 is 29.7 Å². The summed E-state index contributed by atoms with van der Waals surface area (Å²) in [7, 11) is 0. The monoisotopic (exact) mass is 456 g/mol. The SMILES string of the molecule is CCCc1c(C)c(C)c(C)[c-]1C.[F][Zr+2][F].c1ccc2c(c1)[cH-]c1ccccc12. The Labute approximate surface area is 180 Å². The Morgan fingerprint density at radius 2 is 1.32 bits per heavy atom. The number of benzene rings is 2. The Kier molecular flexibility index (Phi) is 8.76. The quantitative estimate of drug-likeness (QED) is 0.266. The van der Waals surface area contributed by atoms with Crippen LogP contribution in [0.3, 0.4) is 0 Å². The van der Waals surface area contributed by atoms with Gasteiger partial charge in [-0.2, -0.15) is 27.8 Å². The Bertz CT molecular complexity index is 948. The van der Waals surface area contributed by atoms with E-state index in [1.54, 1.807) is 5.56 Å². The van der Waals surface area contributed by atoms with Crippen LogP contribution in [0, 0.1) is 27.7 Å². The molecular weight excluding hydrogens is 429 g/mol. The molecule has 0 radical (unpaired) electrons. The maximum atomic E-state index is 9.80. The molecule has 0 aliphatic heterocycles. The molecule has 0 bridgehead atoms. The molecule has 3 heteroatoms. The van der Waals surface area contributed by atoms with E-state index in [1.807, 2.05) is 0 Å². The fraction of sp³-hybridized carbons (Fsp3) is 0.280. The summed E-state index contributed by atoms with van der Waals surface area (Å²) >= 11 is -2.77. The van der Waals surface area contributed by atoms with Gasteiger partial charge in [-0.05, 0) is 0 Å². The molecule has 0 N–H and O–H groups in total. The summed E-state index contributed by atoms with van der Waals surface area (Å²) in [4.78, 5) is 0. The Morgan fingerprint density at radius 3 is 1.71 bits per heavy atom. The van der Waals surface area contributed by atoms with Crippen LogP contribution in [-0.2, 0) is 30.9 Å². The first-order chi connectivity index (χ1) is 13.5. The van der Waals surface area contributed by atoms with E-state index in [2.05, 4.69) is 89.2 Å². The van der Waals surface area contributed by atoms with Gasteiger partial charge >= 0.3 is 29.7 Å². The second-order valence-corrected chi connectivity index (χ2v) is 7.47. The van der Waals surface area contributed by atoms with Gasteiger partial charge in [0.2, 0.25) is 0 Å². The molecule has 0 nitrogen and oxygen atoms in total. The van der Waals surface area contributed by atoms with Crippen molar-refractivity contribution in [1.29, 1.82) is 0 Å². The van der Waals surface area contributed by atoms with Crippen LogP contribution >= 0.6 is 0 Å². The smallest absolute Gasteiger partial charge is 0.0771 e. The number of hydrogen-bond donors (Lipinski definition) is 0. The van der Waals surface area contributed by atoms with E-state index in [1.165, 1.54) is 56.6 Å². The standard InChI is InChI=1S/C13H9.C12H19.2FH.Zr/c1-3-7-12-10(5-1)9-11-6-2-4-8-13(11)12;1-6-7-12-10(4)8(2)9(3)11(12)5;;;/h1-9H;6-7H2,1-5H3;2*1H;/q2*-1;;;+4/p-2. The summed E-state index contributed by atoms with van der Waals surface area (Å²) < 4.78 is 19.6. The van der Waals surface area contributed by atoms with Crippen LogP contribution in [0.25, 0.3) is 21.5 Å². The average molecular weight is 458 g/mol. The van der Waals surface area contributed by atoms with Gasteiger partial charge in [0.15, 0.2) is 0 Å². The predicted octanol–water partition coefficient (Wildman–Crippen LogP) is 8.14. The van der Waals surface area contributed by atoms with Gasteiger partial charge in [0.25, 0.3) is 0 Å². The van der Waals surface area contributed by atoms with Crippen molar-refractivity contribution >= 4 is 21.5 Å². The van der Waals surface area contributed by atoms with Crippen LogP contribution in [0.15, 0.2) is 54.6 Å². The van der Waals surface area contributed by atoms with Gasteiger partial charge in [-0.3, -0.25) is 0 Å². The molecule has 0 fully saturated rings. The molecule has 0 unspecified atom stereocenters. The second kappa shape index (κ2) is 10.8. The Balaban J connectivity index is 0.000000177. The maximum absolute atomic E-state index is 9.80. The van der Waals surface area contributed by atoms with E-state index in [-0.39, 0.29) is 0 Å². The molecule has 0 saturated carbocycles. The van der Waals surface area contributed by atoms with Gasteiger partial charge in [0.1, 0.15) is 0 Å². The molecule has 0 heterocycles. The third-order valence-corrected chi connectivity index (χ3v) is 5.62. The molecule has 0 aromatic heterocycles. The molecule has 0 amide bonds. The minimum atomic E-state index is -2.77. The summed E-state index contributed by atoms with van der Waals surface area (Å²) in [6.07, 6.45) is 2.50. The van der Waals surface area contributed by atoms with E-state index in [0.29, 0.717) is 0 Å². The van der Waals surface area contributed by atoms with E-state index >= 15 is 0 Å². The molecule has 0 saturated heterocycles. The first-order valence-electron chi connectivity index (χ1n) is 9.67. The average Bonchev–Trinajstić information content (AvgIpc) is 3.17. The zero-order valence-electron chi connectivity index (χ0n) is 17.4. The molecule has 4 rings (SSSR count). The number of halogens is 2. The van der Waals surface area contributed by atoms with Crippen molar-refractivity contribution in [3.8, 4) is 0 Å². The second-order valence-electron chi connectivity index (χ2n) is 7.12. The summed E-state index contributed by atoms with van der Waals surface area (Å²) in [5.74, 6) is 0. The van der Waals surface area contributed by atoms with Gasteiger partial charge in [-0.25, -0.2) is 0 Å². The van der Waals surface area contributed by atoms with Crippen molar-refractivity contribution in [2.75, 3.05) is 0 Å². The predicted molar refractivity (Wildman–Crippen MR) is 114 cm³/mol. The summed E-state index contributed by atoms with van der Waals surface area (Å²) in [5, 5.41) is 5.39. The third-order valence-electron chi connectivity index (χ3n) is 5.62. The van der Waals surface area contributed by atoms with Crippen molar-refractivity contribution in [1.82, 2.24) is 0 Å². The van der Waals surface area contributed by atoms with Gasteiger partial charge in [0, 0.05) is 0 Å². The van der Waals surface area contributed by atoms with Crippen LogP contribution in [0.4, 0.5) is 5.25 Å². The fourth-order valence-corrected chi connectivity index (χ4v) is 3.83. The van der Waals surface area contributed by atoms with E-state index in [9.17, 15) is 5.25 Å². The number of rotatable bonds is 2. The zero-order valence-corrected chi connectivity index (χ0v) is 19.8. The topological polar surface area (TPSA) is 0 Å².